The SMILES string of the molecule is N=Cc1ccc2c(c1)CC[C@H](c1ccccc1)[C@@H]2c1ccc(N2CCC3(CC2)CN(C(=O)CN2CCC4(CCc5c4ccc4c5CC(C5CCC(=O)NC5=O)CC4=O)CC2)C3)cc1. The normalized spacial score (nSPS) is 26.1. The fraction of sp³-hybridized carbons (Fsp3) is 0.463. The molecule has 4 saturated heterocycles. The Morgan fingerprint density at radius 2 is 1.51 bits per heavy atom. The lowest BCUT2D eigenvalue weighted by Crippen LogP contribution is -2.63. The molecule has 11 rings (SSSR count). The average Bonchev–Trinajstić information content (AvgIpc) is 3.66. The molecule has 0 saturated carbocycles. The van der Waals surface area contributed by atoms with Crippen LogP contribution in [0.5, 0.6) is 0 Å². The highest BCUT2D eigenvalue weighted by Gasteiger charge is 2.48. The van der Waals surface area contributed by atoms with Gasteiger partial charge in [-0.3, -0.25) is 29.4 Å². The van der Waals surface area contributed by atoms with Crippen LogP contribution in [0.25, 0.3) is 0 Å². The Balaban J connectivity index is 0.682. The molecule has 4 atom stereocenters. The summed E-state index contributed by atoms with van der Waals surface area (Å²) in [6.07, 6.45) is 11.9. The van der Waals surface area contributed by atoms with E-state index >= 15 is 0 Å². The minimum Gasteiger partial charge on any atom is -0.371 e. The van der Waals surface area contributed by atoms with E-state index in [-0.39, 0.29) is 52.1 Å². The Kier molecular flexibility index (Phi) is 10.2. The van der Waals surface area contributed by atoms with Crippen molar-refractivity contribution in [3.8, 4) is 0 Å². The van der Waals surface area contributed by atoms with Crippen molar-refractivity contribution < 1.29 is 19.2 Å². The van der Waals surface area contributed by atoms with Crippen molar-refractivity contribution in [2.24, 2.45) is 17.3 Å². The number of anilines is 1. The lowest BCUT2D eigenvalue weighted by atomic mass is 9.69. The first-order valence-corrected chi connectivity index (χ1v) is 23.7. The predicted octanol–water partition coefficient (Wildman–Crippen LogP) is 7.75. The molecule has 9 heteroatoms. The number of rotatable bonds is 7. The number of amides is 3. The second kappa shape index (κ2) is 16.0. The third-order valence-corrected chi connectivity index (χ3v) is 17.0. The lowest BCUT2D eigenvalue weighted by molar-refractivity contribution is -0.146. The van der Waals surface area contributed by atoms with E-state index in [1.165, 1.54) is 45.3 Å². The van der Waals surface area contributed by atoms with Crippen LogP contribution in [0, 0.1) is 22.7 Å². The number of carbonyl (C=O) groups excluding carboxylic acids is 4. The zero-order valence-corrected chi connectivity index (χ0v) is 36.4. The Labute approximate surface area is 371 Å². The van der Waals surface area contributed by atoms with Gasteiger partial charge in [-0.15, -0.1) is 0 Å². The Morgan fingerprint density at radius 1 is 0.746 bits per heavy atom. The first kappa shape index (κ1) is 40.4. The Hall–Kier alpha value is -5.41. The summed E-state index contributed by atoms with van der Waals surface area (Å²) in [6.45, 7) is 6.06. The Bertz CT molecular complexity index is 2470. The highest BCUT2D eigenvalue weighted by Crippen LogP contribution is 2.51. The minimum atomic E-state index is -0.283. The number of hydrogen-bond donors (Lipinski definition) is 2. The van der Waals surface area contributed by atoms with Crippen molar-refractivity contribution in [2.75, 3.05) is 50.7 Å². The van der Waals surface area contributed by atoms with Crippen LogP contribution in [0.2, 0.25) is 0 Å². The largest absolute Gasteiger partial charge is 0.371 e. The van der Waals surface area contributed by atoms with Gasteiger partial charge >= 0.3 is 0 Å². The van der Waals surface area contributed by atoms with E-state index in [4.69, 9.17) is 5.41 Å². The molecule has 0 radical (unpaired) electrons. The third kappa shape index (κ3) is 7.24. The van der Waals surface area contributed by atoms with Gasteiger partial charge < -0.3 is 15.2 Å². The van der Waals surface area contributed by atoms with Crippen molar-refractivity contribution in [1.82, 2.24) is 15.1 Å². The van der Waals surface area contributed by atoms with E-state index < -0.39 is 0 Å². The topological polar surface area (TPSA) is 114 Å². The van der Waals surface area contributed by atoms with Crippen LogP contribution >= 0.6 is 0 Å². The van der Waals surface area contributed by atoms with E-state index in [0.29, 0.717) is 31.7 Å². The van der Waals surface area contributed by atoms with Gasteiger partial charge in [-0.2, -0.15) is 0 Å². The smallest absolute Gasteiger partial charge is 0.236 e. The van der Waals surface area contributed by atoms with Crippen molar-refractivity contribution in [3.63, 3.8) is 0 Å². The lowest BCUT2D eigenvalue weighted by Gasteiger charge is -2.54. The number of hydrogen-bond acceptors (Lipinski definition) is 7. The molecule has 2 N–H and O–H groups in total. The molecule has 9 nitrogen and oxygen atoms in total. The average molecular weight is 842 g/mol. The first-order chi connectivity index (χ1) is 30.7. The van der Waals surface area contributed by atoms with E-state index in [9.17, 15) is 19.2 Å². The van der Waals surface area contributed by atoms with Crippen LogP contribution in [0.4, 0.5) is 5.69 Å². The molecular formula is C54H59N5O4. The van der Waals surface area contributed by atoms with E-state index in [1.807, 2.05) is 0 Å². The fourth-order valence-electron chi connectivity index (χ4n) is 13.3. The molecule has 4 heterocycles. The zero-order valence-electron chi connectivity index (χ0n) is 36.4. The molecule has 324 valence electrons. The number of imide groups is 1. The van der Waals surface area contributed by atoms with Crippen molar-refractivity contribution in [1.29, 1.82) is 5.41 Å². The number of benzene rings is 4. The van der Waals surface area contributed by atoms with E-state index in [0.717, 1.165) is 114 Å². The molecule has 3 amide bonds. The summed E-state index contributed by atoms with van der Waals surface area (Å²) >= 11 is 0. The number of aryl methyl sites for hydroxylation is 1. The second-order valence-electron chi connectivity index (χ2n) is 20.3. The summed E-state index contributed by atoms with van der Waals surface area (Å²) in [4.78, 5) is 58.6. The minimum absolute atomic E-state index is 0.0520. The van der Waals surface area contributed by atoms with Crippen molar-refractivity contribution >= 4 is 35.4 Å². The molecular weight excluding hydrogens is 783 g/mol. The monoisotopic (exact) mass is 841 g/mol. The number of carbonyl (C=O) groups is 4. The van der Waals surface area contributed by atoms with Gasteiger partial charge in [-0.25, -0.2) is 0 Å². The highest BCUT2D eigenvalue weighted by atomic mass is 16.2. The van der Waals surface area contributed by atoms with Crippen molar-refractivity contribution in [3.05, 3.63) is 135 Å². The predicted molar refractivity (Wildman–Crippen MR) is 245 cm³/mol. The molecule has 2 unspecified atom stereocenters. The third-order valence-electron chi connectivity index (χ3n) is 17.0. The molecule has 7 aliphatic rings. The van der Waals surface area contributed by atoms with Gasteiger partial charge in [0.05, 0.1) is 6.54 Å². The van der Waals surface area contributed by atoms with Crippen LogP contribution in [0.1, 0.15) is 124 Å². The zero-order chi connectivity index (χ0) is 42.9. The van der Waals surface area contributed by atoms with Crippen LogP contribution in [-0.2, 0) is 39.1 Å². The summed E-state index contributed by atoms with van der Waals surface area (Å²) < 4.78 is 0. The summed E-state index contributed by atoms with van der Waals surface area (Å²) in [7, 11) is 0. The number of Topliss-reactive ketones (excluding diaryl/α,β-unsaturated/α-hetero) is 1. The van der Waals surface area contributed by atoms with Gasteiger partial charge in [0, 0.05) is 73.7 Å². The Morgan fingerprint density at radius 3 is 2.25 bits per heavy atom. The molecule has 4 aliphatic heterocycles. The van der Waals surface area contributed by atoms with Gasteiger partial charge in [-0.1, -0.05) is 66.7 Å². The summed E-state index contributed by atoms with van der Waals surface area (Å²) in [5.74, 6) is 0.326. The highest BCUT2D eigenvalue weighted by molar-refractivity contribution is 6.02. The summed E-state index contributed by atoms with van der Waals surface area (Å²) in [5, 5.41) is 10.3. The second-order valence-corrected chi connectivity index (χ2v) is 20.3. The molecule has 63 heavy (non-hydrogen) atoms. The quantitative estimate of drug-likeness (QED) is 0.145. The summed E-state index contributed by atoms with van der Waals surface area (Å²) in [6, 6.07) is 31.2. The number of piperidine rings is 3. The maximum absolute atomic E-state index is 13.7. The van der Waals surface area contributed by atoms with Crippen LogP contribution < -0.4 is 10.2 Å². The summed E-state index contributed by atoms with van der Waals surface area (Å²) in [5.41, 5.74) is 12.8. The van der Waals surface area contributed by atoms with Crippen LogP contribution in [-0.4, -0.2) is 85.3 Å². The van der Waals surface area contributed by atoms with E-state index in [1.54, 1.807) is 0 Å². The standard InChI is InChI=1S/C54H59N5O4/c55-31-35-6-12-42-38(28-35)9-13-41(36-4-2-1-3-5-36)51(42)37-7-10-40(11-8-37)58-26-20-53(21-27-58)33-59(34-53)50(62)32-57-24-22-54(23-25-57)19-18-44-46-29-39(43-15-17-49(61)56-52(43)63)30-48(60)45(46)14-16-47(44)54/h1-8,10-12,14,16,28,31,39,41,43,51,55H,9,13,15,17-27,29-30,32-34H2,(H,56,61,63)/t39?,41-,43?,51+/m1/s1. The van der Waals surface area contributed by atoms with Gasteiger partial charge in [0.25, 0.3) is 0 Å². The number of likely N-dealkylation sites (tertiary alicyclic amines) is 2. The molecule has 0 aromatic heterocycles. The number of fused-ring (bicyclic) bond motifs is 5. The van der Waals surface area contributed by atoms with Gasteiger partial charge in [0.1, 0.15) is 0 Å². The maximum Gasteiger partial charge on any atom is 0.236 e. The van der Waals surface area contributed by atoms with Gasteiger partial charge in [0.2, 0.25) is 17.7 Å². The molecule has 4 aromatic carbocycles. The van der Waals surface area contributed by atoms with E-state index in [2.05, 4.69) is 105 Å². The molecule has 0 bridgehead atoms. The van der Waals surface area contributed by atoms with Crippen molar-refractivity contribution in [2.45, 2.75) is 94.3 Å². The van der Waals surface area contributed by atoms with Gasteiger partial charge in [-0.05, 0) is 157 Å². The first-order valence-electron chi connectivity index (χ1n) is 23.7. The number of nitrogens with zero attached hydrogens (tertiary/aromatic N) is 3. The van der Waals surface area contributed by atoms with Crippen LogP contribution in [0.3, 0.4) is 0 Å². The number of ketones is 1. The van der Waals surface area contributed by atoms with Crippen LogP contribution in [0.15, 0.2) is 84.9 Å². The molecule has 4 fully saturated rings. The molecule has 2 spiro atoms. The molecule has 4 aromatic rings. The van der Waals surface area contributed by atoms with Gasteiger partial charge in [0.15, 0.2) is 5.78 Å². The fourth-order valence-corrected chi connectivity index (χ4v) is 13.3. The molecule has 3 aliphatic carbocycles. The maximum atomic E-state index is 13.7. The number of nitrogens with one attached hydrogen (secondary N) is 2.